The van der Waals surface area contributed by atoms with Crippen LogP contribution in [0.2, 0.25) is 0 Å². The Morgan fingerprint density at radius 3 is 2.70 bits per heavy atom. The second kappa shape index (κ2) is 6.87. The number of carbonyl (C=O) groups is 1. The standard InChI is InChI=1S/C20H16FN5O/c1-12-2-7-17(21)18(10-12)25-20(27)24-14-5-3-13(4-6-14)15-8-9-22-19-16(15)11-23-26-19/h2-11H,1H3,(H,22,23,26)(H2,24,25,27). The van der Waals surface area contributed by atoms with Crippen LogP contribution in [0.25, 0.3) is 22.2 Å². The number of pyridine rings is 1. The number of hydrogen-bond acceptors (Lipinski definition) is 3. The van der Waals surface area contributed by atoms with Gasteiger partial charge in [0.25, 0.3) is 0 Å². The van der Waals surface area contributed by atoms with Crippen molar-refractivity contribution in [2.45, 2.75) is 6.92 Å². The van der Waals surface area contributed by atoms with Crippen LogP contribution in [-0.4, -0.2) is 21.2 Å². The summed E-state index contributed by atoms with van der Waals surface area (Å²) in [5.41, 5.74) is 4.28. The maximum Gasteiger partial charge on any atom is 0.323 e. The SMILES string of the molecule is Cc1ccc(F)c(NC(=O)Nc2ccc(-c3ccnc4[nH]ncc34)cc2)c1. The van der Waals surface area contributed by atoms with Crippen LogP contribution in [0.3, 0.4) is 0 Å². The number of nitrogens with one attached hydrogen (secondary N) is 3. The Bertz CT molecular complexity index is 1120. The number of aromatic amines is 1. The zero-order valence-electron chi connectivity index (χ0n) is 14.5. The normalized spacial score (nSPS) is 10.7. The Kier molecular flexibility index (Phi) is 4.25. The minimum absolute atomic E-state index is 0.142. The van der Waals surface area contributed by atoms with E-state index in [2.05, 4.69) is 25.8 Å². The third-order valence-corrected chi connectivity index (χ3v) is 4.18. The molecule has 0 fully saturated rings. The highest BCUT2D eigenvalue weighted by Gasteiger charge is 2.09. The van der Waals surface area contributed by atoms with Gasteiger partial charge >= 0.3 is 6.03 Å². The van der Waals surface area contributed by atoms with E-state index < -0.39 is 11.8 Å². The van der Waals surface area contributed by atoms with Crippen LogP contribution in [0.5, 0.6) is 0 Å². The van der Waals surface area contributed by atoms with Crippen LogP contribution < -0.4 is 10.6 Å². The van der Waals surface area contributed by atoms with E-state index in [0.717, 1.165) is 22.1 Å². The van der Waals surface area contributed by atoms with E-state index in [1.54, 1.807) is 36.7 Å². The minimum Gasteiger partial charge on any atom is -0.308 e. The van der Waals surface area contributed by atoms with Crippen molar-refractivity contribution in [2.24, 2.45) is 0 Å². The summed E-state index contributed by atoms with van der Waals surface area (Å²) < 4.78 is 13.8. The van der Waals surface area contributed by atoms with Crippen LogP contribution in [0, 0.1) is 12.7 Å². The van der Waals surface area contributed by atoms with E-state index in [1.165, 1.54) is 6.07 Å². The van der Waals surface area contributed by atoms with Crippen LogP contribution in [0.1, 0.15) is 5.56 Å². The second-order valence-corrected chi connectivity index (χ2v) is 6.13. The van der Waals surface area contributed by atoms with Gasteiger partial charge in [0.1, 0.15) is 5.82 Å². The smallest absolute Gasteiger partial charge is 0.308 e. The van der Waals surface area contributed by atoms with Crippen molar-refractivity contribution >= 4 is 28.4 Å². The van der Waals surface area contributed by atoms with E-state index in [1.807, 2.05) is 25.1 Å². The molecule has 2 heterocycles. The fourth-order valence-corrected chi connectivity index (χ4v) is 2.86. The Balaban J connectivity index is 1.50. The van der Waals surface area contributed by atoms with Gasteiger partial charge in [-0.15, -0.1) is 0 Å². The molecule has 0 aliphatic carbocycles. The number of nitrogens with zero attached hydrogens (tertiary/aromatic N) is 2. The molecule has 4 aromatic rings. The van der Waals surface area contributed by atoms with Crippen LogP contribution in [-0.2, 0) is 0 Å². The van der Waals surface area contributed by atoms with Crippen molar-refractivity contribution in [3.63, 3.8) is 0 Å². The minimum atomic E-state index is -0.506. The van der Waals surface area contributed by atoms with E-state index >= 15 is 0 Å². The molecule has 0 radical (unpaired) electrons. The number of benzene rings is 2. The largest absolute Gasteiger partial charge is 0.323 e. The molecule has 2 aromatic carbocycles. The van der Waals surface area contributed by atoms with Crippen LogP contribution in [0.4, 0.5) is 20.6 Å². The molecule has 0 aliphatic rings. The van der Waals surface area contributed by atoms with Crippen LogP contribution in [0.15, 0.2) is 60.9 Å². The first-order valence-corrected chi connectivity index (χ1v) is 8.33. The summed E-state index contributed by atoms with van der Waals surface area (Å²) in [5.74, 6) is -0.479. The van der Waals surface area contributed by atoms with Gasteiger partial charge < -0.3 is 10.6 Å². The number of carbonyl (C=O) groups excluding carboxylic acids is 1. The predicted octanol–water partition coefficient (Wildman–Crippen LogP) is 4.72. The first-order valence-electron chi connectivity index (χ1n) is 8.33. The molecular weight excluding hydrogens is 345 g/mol. The van der Waals surface area contributed by atoms with E-state index in [0.29, 0.717) is 11.3 Å². The number of halogens is 1. The third kappa shape index (κ3) is 3.48. The molecule has 0 saturated heterocycles. The van der Waals surface area contributed by atoms with Gasteiger partial charge in [0.2, 0.25) is 0 Å². The number of aromatic nitrogens is 3. The summed E-state index contributed by atoms with van der Waals surface area (Å²) in [6, 6.07) is 13.3. The molecule has 7 heteroatoms. The fraction of sp³-hybridized carbons (Fsp3) is 0.0500. The molecule has 134 valence electrons. The van der Waals surface area contributed by atoms with Gasteiger partial charge in [-0.25, -0.2) is 14.2 Å². The number of rotatable bonds is 3. The van der Waals surface area contributed by atoms with E-state index in [-0.39, 0.29) is 5.69 Å². The molecule has 0 atom stereocenters. The zero-order valence-corrected chi connectivity index (χ0v) is 14.5. The molecule has 27 heavy (non-hydrogen) atoms. The fourth-order valence-electron chi connectivity index (χ4n) is 2.86. The number of aryl methyl sites for hydroxylation is 1. The third-order valence-electron chi connectivity index (χ3n) is 4.18. The van der Waals surface area contributed by atoms with Gasteiger partial charge in [-0.2, -0.15) is 5.10 Å². The molecule has 0 saturated carbocycles. The molecule has 0 bridgehead atoms. The summed E-state index contributed by atoms with van der Waals surface area (Å²) in [6.45, 7) is 1.83. The lowest BCUT2D eigenvalue weighted by Gasteiger charge is -2.10. The maximum atomic E-state index is 13.8. The van der Waals surface area contributed by atoms with Crippen molar-refractivity contribution in [3.8, 4) is 11.1 Å². The molecule has 4 rings (SSSR count). The summed E-state index contributed by atoms with van der Waals surface area (Å²) >= 11 is 0. The topological polar surface area (TPSA) is 82.7 Å². The summed E-state index contributed by atoms with van der Waals surface area (Å²) in [7, 11) is 0. The van der Waals surface area contributed by atoms with E-state index in [4.69, 9.17) is 0 Å². The van der Waals surface area contributed by atoms with Gasteiger partial charge in [0.05, 0.1) is 11.9 Å². The predicted molar refractivity (Wildman–Crippen MR) is 103 cm³/mol. The number of hydrogen-bond donors (Lipinski definition) is 3. The summed E-state index contributed by atoms with van der Waals surface area (Å²) in [4.78, 5) is 16.4. The highest BCUT2D eigenvalue weighted by atomic mass is 19.1. The number of amides is 2. The van der Waals surface area contributed by atoms with Gasteiger partial charge in [0, 0.05) is 17.3 Å². The molecular formula is C20H16FN5O. The molecule has 2 amide bonds. The molecule has 3 N–H and O–H groups in total. The Hall–Kier alpha value is -3.74. The van der Waals surface area contributed by atoms with Crippen molar-refractivity contribution < 1.29 is 9.18 Å². The average Bonchev–Trinajstić information content (AvgIpc) is 3.14. The lowest BCUT2D eigenvalue weighted by molar-refractivity contribution is 0.262. The number of fused-ring (bicyclic) bond motifs is 1. The second-order valence-electron chi connectivity index (χ2n) is 6.13. The van der Waals surface area contributed by atoms with Crippen LogP contribution >= 0.6 is 0 Å². The average molecular weight is 361 g/mol. The van der Waals surface area contributed by atoms with Crippen molar-refractivity contribution in [2.75, 3.05) is 10.6 Å². The zero-order chi connectivity index (χ0) is 18.8. The Morgan fingerprint density at radius 1 is 1.07 bits per heavy atom. The maximum absolute atomic E-state index is 13.8. The molecule has 0 spiro atoms. The van der Waals surface area contributed by atoms with Gasteiger partial charge in [-0.1, -0.05) is 18.2 Å². The quantitative estimate of drug-likeness (QED) is 0.494. The number of urea groups is 1. The number of H-pyrrole nitrogens is 1. The van der Waals surface area contributed by atoms with E-state index in [9.17, 15) is 9.18 Å². The molecule has 0 aliphatic heterocycles. The van der Waals surface area contributed by atoms with Crippen molar-refractivity contribution in [3.05, 3.63) is 72.3 Å². The lowest BCUT2D eigenvalue weighted by atomic mass is 10.0. The Labute approximate surface area is 154 Å². The Morgan fingerprint density at radius 2 is 1.89 bits per heavy atom. The highest BCUT2D eigenvalue weighted by molar-refractivity contribution is 6.00. The number of anilines is 2. The molecule has 2 aromatic heterocycles. The molecule has 6 nitrogen and oxygen atoms in total. The molecule has 0 unspecified atom stereocenters. The van der Waals surface area contributed by atoms with Crippen molar-refractivity contribution in [1.82, 2.24) is 15.2 Å². The van der Waals surface area contributed by atoms with Gasteiger partial charge in [-0.05, 0) is 53.9 Å². The van der Waals surface area contributed by atoms with Crippen molar-refractivity contribution in [1.29, 1.82) is 0 Å². The van der Waals surface area contributed by atoms with Gasteiger partial charge in [0.15, 0.2) is 5.65 Å². The van der Waals surface area contributed by atoms with Gasteiger partial charge in [-0.3, -0.25) is 5.10 Å². The summed E-state index contributed by atoms with van der Waals surface area (Å²) in [5, 5.41) is 13.0. The first kappa shape index (κ1) is 16.7. The summed E-state index contributed by atoms with van der Waals surface area (Å²) in [6.07, 6.45) is 3.44. The highest BCUT2D eigenvalue weighted by Crippen LogP contribution is 2.27. The lowest BCUT2D eigenvalue weighted by Crippen LogP contribution is -2.20. The first-order chi connectivity index (χ1) is 13.1. The monoisotopic (exact) mass is 361 g/mol.